The van der Waals surface area contributed by atoms with Gasteiger partial charge in [-0.05, 0) is 17.7 Å². The van der Waals surface area contributed by atoms with Crippen molar-refractivity contribution in [1.29, 1.82) is 0 Å². The van der Waals surface area contributed by atoms with Crippen molar-refractivity contribution in [2.75, 3.05) is 5.94 Å². The van der Waals surface area contributed by atoms with Gasteiger partial charge in [0.2, 0.25) is 0 Å². The van der Waals surface area contributed by atoms with E-state index in [4.69, 9.17) is 4.74 Å². The van der Waals surface area contributed by atoms with E-state index in [1.54, 1.807) is 23.9 Å². The first-order chi connectivity index (χ1) is 8.86. The summed E-state index contributed by atoms with van der Waals surface area (Å²) in [6.45, 7) is 0. The van der Waals surface area contributed by atoms with E-state index in [0.717, 1.165) is 5.75 Å². The third-order valence-corrected chi connectivity index (χ3v) is 3.22. The van der Waals surface area contributed by atoms with Crippen molar-refractivity contribution in [3.8, 4) is 0 Å². The van der Waals surface area contributed by atoms with Crippen LogP contribution in [-0.4, -0.2) is 11.9 Å². The van der Waals surface area contributed by atoms with Crippen LogP contribution in [0.2, 0.25) is 0 Å². The maximum Gasteiger partial charge on any atom is 0.338 e. The van der Waals surface area contributed by atoms with Crippen LogP contribution >= 0.6 is 11.8 Å². The Bertz CT molecular complexity index is 482. The molecule has 0 fully saturated rings. The average molecular weight is 258 g/mol. The largest absolute Gasteiger partial charge is 0.451 e. The van der Waals surface area contributed by atoms with Gasteiger partial charge in [0.15, 0.2) is 0 Å². The molecule has 0 heterocycles. The van der Waals surface area contributed by atoms with Crippen LogP contribution in [0.15, 0.2) is 60.7 Å². The summed E-state index contributed by atoms with van der Waals surface area (Å²) in [4.78, 5) is 11.6. The number of esters is 1. The van der Waals surface area contributed by atoms with Crippen molar-refractivity contribution >= 4 is 17.7 Å². The summed E-state index contributed by atoms with van der Waals surface area (Å²) >= 11 is 1.59. The summed E-state index contributed by atoms with van der Waals surface area (Å²) in [7, 11) is 0. The van der Waals surface area contributed by atoms with Crippen molar-refractivity contribution in [3.05, 3.63) is 71.8 Å². The molecule has 0 atom stereocenters. The minimum Gasteiger partial charge on any atom is -0.451 e. The van der Waals surface area contributed by atoms with Crippen molar-refractivity contribution in [2.45, 2.75) is 5.75 Å². The smallest absolute Gasteiger partial charge is 0.338 e. The van der Waals surface area contributed by atoms with Crippen molar-refractivity contribution in [1.82, 2.24) is 0 Å². The molecule has 0 aliphatic heterocycles. The number of hydrogen-bond acceptors (Lipinski definition) is 3. The molecule has 0 amide bonds. The molecule has 0 N–H and O–H groups in total. The minimum absolute atomic E-state index is 0.267. The SMILES string of the molecule is O=C(OCSCc1ccccc1)c1ccccc1. The highest BCUT2D eigenvalue weighted by Crippen LogP contribution is 2.12. The molecule has 2 nitrogen and oxygen atoms in total. The highest BCUT2D eigenvalue weighted by Gasteiger charge is 2.05. The van der Waals surface area contributed by atoms with Crippen LogP contribution in [0.3, 0.4) is 0 Å². The molecule has 2 aromatic rings. The van der Waals surface area contributed by atoms with Gasteiger partial charge in [-0.1, -0.05) is 48.5 Å². The Balaban J connectivity index is 1.72. The molecule has 2 aromatic carbocycles. The van der Waals surface area contributed by atoms with Gasteiger partial charge in [-0.25, -0.2) is 4.79 Å². The number of hydrogen-bond donors (Lipinski definition) is 0. The van der Waals surface area contributed by atoms with Crippen LogP contribution in [0.25, 0.3) is 0 Å². The van der Waals surface area contributed by atoms with Crippen LogP contribution < -0.4 is 0 Å². The van der Waals surface area contributed by atoms with E-state index < -0.39 is 0 Å². The van der Waals surface area contributed by atoms with Crippen LogP contribution in [0.5, 0.6) is 0 Å². The van der Waals surface area contributed by atoms with E-state index in [1.165, 1.54) is 5.56 Å². The van der Waals surface area contributed by atoms with Gasteiger partial charge in [0, 0.05) is 5.75 Å². The van der Waals surface area contributed by atoms with Crippen LogP contribution in [0, 0.1) is 0 Å². The Kier molecular flexibility index (Phi) is 4.85. The monoisotopic (exact) mass is 258 g/mol. The van der Waals surface area contributed by atoms with E-state index in [-0.39, 0.29) is 5.97 Å². The van der Waals surface area contributed by atoms with Crippen LogP contribution in [-0.2, 0) is 10.5 Å². The Hall–Kier alpha value is -1.74. The summed E-state index contributed by atoms with van der Waals surface area (Å²) in [5.41, 5.74) is 1.83. The summed E-state index contributed by atoms with van der Waals surface area (Å²) in [6.07, 6.45) is 0. The number of rotatable bonds is 5. The molecule has 0 unspecified atom stereocenters. The number of carbonyl (C=O) groups excluding carboxylic acids is 1. The maximum absolute atomic E-state index is 11.6. The fourth-order valence-electron chi connectivity index (χ4n) is 1.49. The van der Waals surface area contributed by atoms with Gasteiger partial charge < -0.3 is 4.74 Å². The molecule has 3 heteroatoms. The van der Waals surface area contributed by atoms with Gasteiger partial charge in [-0.3, -0.25) is 0 Å². The molecule has 2 rings (SSSR count). The molecule has 0 aliphatic carbocycles. The maximum atomic E-state index is 11.6. The van der Waals surface area contributed by atoms with Crippen molar-refractivity contribution < 1.29 is 9.53 Å². The second-order valence-corrected chi connectivity index (χ2v) is 4.68. The predicted octanol–water partition coefficient (Wildman–Crippen LogP) is 3.73. The lowest BCUT2D eigenvalue weighted by Crippen LogP contribution is -2.04. The normalized spacial score (nSPS) is 10.0. The molecule has 0 radical (unpaired) electrons. The van der Waals surface area contributed by atoms with Crippen molar-refractivity contribution in [2.24, 2.45) is 0 Å². The second-order valence-electron chi connectivity index (χ2n) is 3.75. The first-order valence-corrected chi connectivity index (χ1v) is 6.85. The van der Waals surface area contributed by atoms with E-state index >= 15 is 0 Å². The number of thioether (sulfide) groups is 1. The fraction of sp³-hybridized carbons (Fsp3) is 0.133. The van der Waals surface area contributed by atoms with E-state index in [0.29, 0.717) is 11.5 Å². The van der Waals surface area contributed by atoms with Crippen LogP contribution in [0.4, 0.5) is 0 Å². The summed E-state index contributed by atoms with van der Waals surface area (Å²) in [6, 6.07) is 19.2. The summed E-state index contributed by atoms with van der Waals surface area (Å²) in [5, 5.41) is 0. The zero-order valence-electron chi connectivity index (χ0n) is 9.91. The van der Waals surface area contributed by atoms with Crippen LogP contribution in [0.1, 0.15) is 15.9 Å². The number of ether oxygens (including phenoxy) is 1. The standard InChI is InChI=1S/C15H14O2S/c16-15(14-9-5-2-6-10-14)17-12-18-11-13-7-3-1-4-8-13/h1-10H,11-12H2. The molecule has 0 bridgehead atoms. The molecular formula is C15H14O2S. The molecule has 0 saturated heterocycles. The van der Waals surface area contributed by atoms with E-state index in [1.807, 2.05) is 36.4 Å². The molecular weight excluding hydrogens is 244 g/mol. The molecule has 18 heavy (non-hydrogen) atoms. The Morgan fingerprint density at radius 2 is 1.56 bits per heavy atom. The Labute approximate surface area is 111 Å². The lowest BCUT2D eigenvalue weighted by molar-refractivity contribution is 0.0579. The van der Waals surface area contributed by atoms with Crippen molar-refractivity contribution in [3.63, 3.8) is 0 Å². The third-order valence-electron chi connectivity index (χ3n) is 2.39. The lowest BCUT2D eigenvalue weighted by Gasteiger charge is -2.04. The summed E-state index contributed by atoms with van der Waals surface area (Å²) < 4.78 is 5.17. The van der Waals surface area contributed by atoms with Gasteiger partial charge in [0.1, 0.15) is 5.94 Å². The molecule has 0 aromatic heterocycles. The molecule has 0 spiro atoms. The zero-order chi connectivity index (χ0) is 12.6. The third kappa shape index (κ3) is 3.93. The minimum atomic E-state index is -0.267. The molecule has 92 valence electrons. The Morgan fingerprint density at radius 3 is 2.22 bits per heavy atom. The topological polar surface area (TPSA) is 26.3 Å². The van der Waals surface area contributed by atoms with Gasteiger partial charge in [0.25, 0.3) is 0 Å². The second kappa shape index (κ2) is 6.87. The molecule has 0 aliphatic rings. The number of carbonyl (C=O) groups is 1. The van der Waals surface area contributed by atoms with Gasteiger partial charge in [0.05, 0.1) is 5.56 Å². The first kappa shape index (κ1) is 12.7. The van der Waals surface area contributed by atoms with Gasteiger partial charge in [-0.2, -0.15) is 0 Å². The van der Waals surface area contributed by atoms with E-state index in [2.05, 4.69) is 12.1 Å². The Morgan fingerprint density at radius 1 is 0.944 bits per heavy atom. The van der Waals surface area contributed by atoms with Gasteiger partial charge in [-0.15, -0.1) is 11.8 Å². The average Bonchev–Trinajstić information content (AvgIpc) is 2.45. The van der Waals surface area contributed by atoms with E-state index in [9.17, 15) is 4.79 Å². The predicted molar refractivity (Wildman–Crippen MR) is 74.5 cm³/mol. The highest BCUT2D eigenvalue weighted by atomic mass is 32.2. The summed E-state index contributed by atoms with van der Waals surface area (Å²) in [5.74, 6) is 0.960. The fourth-order valence-corrected chi connectivity index (χ4v) is 2.19. The first-order valence-electron chi connectivity index (χ1n) is 5.70. The highest BCUT2D eigenvalue weighted by molar-refractivity contribution is 7.98. The lowest BCUT2D eigenvalue weighted by atomic mass is 10.2. The zero-order valence-corrected chi connectivity index (χ0v) is 10.7. The number of benzene rings is 2. The quantitative estimate of drug-likeness (QED) is 0.464. The molecule has 0 saturated carbocycles. The van der Waals surface area contributed by atoms with Gasteiger partial charge >= 0.3 is 5.97 Å².